The highest BCUT2D eigenvalue weighted by atomic mass is 19.1. The molecule has 0 radical (unpaired) electrons. The Kier molecular flexibility index (Phi) is 3.56. The maximum absolute atomic E-state index is 13.3. The summed E-state index contributed by atoms with van der Waals surface area (Å²) in [6.07, 6.45) is 0. The lowest BCUT2D eigenvalue weighted by atomic mass is 10.1. The van der Waals surface area contributed by atoms with E-state index in [1.165, 1.54) is 24.3 Å². The largest absolute Gasteiger partial charge is 0.478 e. The van der Waals surface area contributed by atoms with Gasteiger partial charge in [-0.3, -0.25) is 0 Å². The van der Waals surface area contributed by atoms with Crippen molar-refractivity contribution in [3.05, 3.63) is 53.1 Å². The quantitative estimate of drug-likeness (QED) is 0.753. The fraction of sp³-hybridized carbons (Fsp3) is 0.0714. The van der Waals surface area contributed by atoms with Crippen LogP contribution in [0.2, 0.25) is 0 Å². The van der Waals surface area contributed by atoms with Crippen LogP contribution in [0, 0.1) is 18.6 Å². The van der Waals surface area contributed by atoms with E-state index in [0.717, 1.165) is 6.07 Å². The first-order valence-corrected chi connectivity index (χ1v) is 5.74. The molecule has 6 heteroatoms. The number of carboxylic acids is 1. The minimum Gasteiger partial charge on any atom is -0.478 e. The van der Waals surface area contributed by atoms with E-state index in [1.807, 2.05) is 0 Å². The van der Waals surface area contributed by atoms with Crippen LogP contribution in [0.3, 0.4) is 0 Å². The van der Waals surface area contributed by atoms with E-state index in [9.17, 15) is 13.6 Å². The summed E-state index contributed by atoms with van der Waals surface area (Å²) in [4.78, 5) is 11.2. The summed E-state index contributed by atoms with van der Waals surface area (Å²) in [5.41, 5.74) is 5.67. The highest BCUT2D eigenvalue weighted by molar-refractivity contribution is 6.00. The Bertz CT molecular complexity index is 687. The molecule has 0 aliphatic rings. The number of nitrogens with one attached hydrogen (secondary N) is 1. The zero-order valence-corrected chi connectivity index (χ0v) is 10.6. The topological polar surface area (TPSA) is 75.3 Å². The Morgan fingerprint density at radius 1 is 1.20 bits per heavy atom. The molecular weight excluding hydrogens is 266 g/mol. The number of carboxylic acid groups (broad SMARTS) is 1. The van der Waals surface area contributed by atoms with E-state index < -0.39 is 17.5 Å². The van der Waals surface area contributed by atoms with Gasteiger partial charge in [0.2, 0.25) is 0 Å². The number of nitrogens with two attached hydrogens (primary N) is 1. The van der Waals surface area contributed by atoms with Gasteiger partial charge < -0.3 is 16.2 Å². The van der Waals surface area contributed by atoms with E-state index >= 15 is 0 Å². The Hall–Kier alpha value is -2.63. The zero-order valence-electron chi connectivity index (χ0n) is 10.6. The number of anilines is 3. The molecule has 2 aromatic carbocycles. The van der Waals surface area contributed by atoms with E-state index in [4.69, 9.17) is 10.8 Å². The third-order valence-electron chi connectivity index (χ3n) is 2.84. The number of hydrogen-bond acceptors (Lipinski definition) is 3. The number of aromatic carboxylic acids is 1. The lowest BCUT2D eigenvalue weighted by Gasteiger charge is -2.12. The summed E-state index contributed by atoms with van der Waals surface area (Å²) >= 11 is 0. The first-order valence-electron chi connectivity index (χ1n) is 5.74. The number of hydrogen-bond donors (Lipinski definition) is 3. The average Bonchev–Trinajstić information content (AvgIpc) is 2.38. The van der Waals surface area contributed by atoms with Crippen LogP contribution >= 0.6 is 0 Å². The standard InChI is InChI=1S/C14H12F2N2O2/c1-7-6-8(2-3-9(7)15)18-11-5-4-10(16)13(17)12(11)14(19)20/h2-6,18H,17H2,1H3,(H,19,20). The van der Waals surface area contributed by atoms with Gasteiger partial charge in [-0.05, 0) is 42.8 Å². The molecule has 2 aromatic rings. The second-order valence-corrected chi connectivity index (χ2v) is 4.28. The monoisotopic (exact) mass is 278 g/mol. The number of carbonyl (C=O) groups is 1. The summed E-state index contributed by atoms with van der Waals surface area (Å²) in [5.74, 6) is -2.51. The van der Waals surface area contributed by atoms with E-state index in [-0.39, 0.29) is 17.1 Å². The Labute approximate surface area is 113 Å². The molecule has 0 amide bonds. The van der Waals surface area contributed by atoms with Gasteiger partial charge in [0.15, 0.2) is 0 Å². The van der Waals surface area contributed by atoms with Crippen LogP contribution in [0.4, 0.5) is 25.8 Å². The highest BCUT2D eigenvalue weighted by Crippen LogP contribution is 2.28. The van der Waals surface area contributed by atoms with Crippen molar-refractivity contribution in [1.82, 2.24) is 0 Å². The maximum atomic E-state index is 13.3. The van der Waals surface area contributed by atoms with Gasteiger partial charge in [0.05, 0.1) is 11.4 Å². The molecule has 0 atom stereocenters. The first-order chi connectivity index (χ1) is 9.40. The molecule has 20 heavy (non-hydrogen) atoms. The summed E-state index contributed by atoms with van der Waals surface area (Å²) in [6, 6.07) is 6.56. The molecule has 0 aliphatic carbocycles. The fourth-order valence-corrected chi connectivity index (χ4v) is 1.81. The minimum atomic E-state index is -1.34. The molecule has 4 nitrogen and oxygen atoms in total. The molecule has 0 aromatic heterocycles. The second-order valence-electron chi connectivity index (χ2n) is 4.28. The summed E-state index contributed by atoms with van der Waals surface area (Å²) in [6.45, 7) is 1.58. The van der Waals surface area contributed by atoms with Crippen molar-refractivity contribution in [1.29, 1.82) is 0 Å². The fourth-order valence-electron chi connectivity index (χ4n) is 1.81. The zero-order chi connectivity index (χ0) is 14.9. The molecule has 0 heterocycles. The van der Waals surface area contributed by atoms with Gasteiger partial charge in [0.25, 0.3) is 0 Å². The predicted molar refractivity (Wildman–Crippen MR) is 72.2 cm³/mol. The molecular formula is C14H12F2N2O2. The molecule has 4 N–H and O–H groups in total. The molecule has 104 valence electrons. The smallest absolute Gasteiger partial charge is 0.340 e. The van der Waals surface area contributed by atoms with Crippen molar-refractivity contribution in [3.8, 4) is 0 Å². The first kappa shape index (κ1) is 13.8. The Balaban J connectivity index is 2.45. The molecule has 0 saturated heterocycles. The molecule has 2 rings (SSSR count). The van der Waals surface area contributed by atoms with Crippen LogP contribution in [0.15, 0.2) is 30.3 Å². The van der Waals surface area contributed by atoms with Gasteiger partial charge in [-0.1, -0.05) is 0 Å². The van der Waals surface area contributed by atoms with Crippen molar-refractivity contribution < 1.29 is 18.7 Å². The molecule has 0 aliphatic heterocycles. The predicted octanol–water partition coefficient (Wildman–Crippen LogP) is 3.30. The summed E-state index contributed by atoms with van der Waals surface area (Å²) in [7, 11) is 0. The summed E-state index contributed by atoms with van der Waals surface area (Å²) < 4.78 is 26.5. The SMILES string of the molecule is Cc1cc(Nc2ccc(F)c(N)c2C(=O)O)ccc1F. The van der Waals surface area contributed by atoms with Crippen molar-refractivity contribution in [2.75, 3.05) is 11.1 Å². The van der Waals surface area contributed by atoms with E-state index in [1.54, 1.807) is 6.92 Å². The lowest BCUT2D eigenvalue weighted by molar-refractivity contribution is 0.0698. The number of halogens is 2. The van der Waals surface area contributed by atoms with Gasteiger partial charge in [0.1, 0.15) is 17.2 Å². The van der Waals surface area contributed by atoms with E-state index in [0.29, 0.717) is 11.3 Å². The number of nitrogen functional groups attached to an aromatic ring is 1. The third-order valence-corrected chi connectivity index (χ3v) is 2.84. The van der Waals surface area contributed by atoms with Gasteiger partial charge in [-0.25, -0.2) is 13.6 Å². The summed E-state index contributed by atoms with van der Waals surface area (Å²) in [5, 5.41) is 11.9. The van der Waals surface area contributed by atoms with Gasteiger partial charge in [-0.2, -0.15) is 0 Å². The normalized spacial score (nSPS) is 10.3. The lowest BCUT2D eigenvalue weighted by Crippen LogP contribution is -2.08. The molecule has 0 saturated carbocycles. The number of aryl methyl sites for hydroxylation is 1. The molecule has 0 bridgehead atoms. The van der Waals surface area contributed by atoms with Gasteiger partial charge in [-0.15, -0.1) is 0 Å². The van der Waals surface area contributed by atoms with Crippen LogP contribution in [0.1, 0.15) is 15.9 Å². The van der Waals surface area contributed by atoms with Crippen LogP contribution in [-0.4, -0.2) is 11.1 Å². The van der Waals surface area contributed by atoms with Crippen LogP contribution in [-0.2, 0) is 0 Å². The van der Waals surface area contributed by atoms with Crippen LogP contribution < -0.4 is 11.1 Å². The molecule has 0 spiro atoms. The average molecular weight is 278 g/mol. The van der Waals surface area contributed by atoms with Crippen molar-refractivity contribution in [3.63, 3.8) is 0 Å². The number of rotatable bonds is 3. The maximum Gasteiger partial charge on any atom is 0.340 e. The third kappa shape index (κ3) is 2.54. The van der Waals surface area contributed by atoms with Crippen LogP contribution in [0.5, 0.6) is 0 Å². The molecule has 0 fully saturated rings. The number of benzene rings is 2. The Morgan fingerprint density at radius 3 is 2.45 bits per heavy atom. The minimum absolute atomic E-state index is 0.141. The van der Waals surface area contributed by atoms with Gasteiger partial charge in [0, 0.05) is 5.69 Å². The van der Waals surface area contributed by atoms with Gasteiger partial charge >= 0.3 is 5.97 Å². The molecule has 0 unspecified atom stereocenters. The van der Waals surface area contributed by atoms with Crippen molar-refractivity contribution in [2.24, 2.45) is 0 Å². The van der Waals surface area contributed by atoms with Crippen LogP contribution in [0.25, 0.3) is 0 Å². The van der Waals surface area contributed by atoms with Crippen molar-refractivity contribution >= 4 is 23.0 Å². The Morgan fingerprint density at radius 2 is 1.85 bits per heavy atom. The highest BCUT2D eigenvalue weighted by Gasteiger charge is 2.17. The van der Waals surface area contributed by atoms with Crippen molar-refractivity contribution in [2.45, 2.75) is 6.92 Å². The second kappa shape index (κ2) is 5.16. The van der Waals surface area contributed by atoms with E-state index in [2.05, 4.69) is 5.32 Å².